The van der Waals surface area contributed by atoms with E-state index in [1.54, 1.807) is 22.6 Å². The number of aliphatic hydroxyl groups is 1. The molecule has 13 heavy (non-hydrogen) atoms. The van der Waals surface area contributed by atoms with Gasteiger partial charge in [0.15, 0.2) is 0 Å². The van der Waals surface area contributed by atoms with Gasteiger partial charge >= 0.3 is 0 Å². The van der Waals surface area contributed by atoms with E-state index >= 15 is 0 Å². The topological polar surface area (TPSA) is 68.0 Å². The number of aromatic nitrogens is 3. The van der Waals surface area contributed by atoms with Gasteiger partial charge < -0.3 is 5.11 Å². The predicted octanol–water partition coefficient (Wildman–Crippen LogP) is 0.756. The number of aryl methyl sites for hydroxylation is 1. The second-order valence-electron chi connectivity index (χ2n) is 2.54. The minimum absolute atomic E-state index is 0.139. The molecule has 0 unspecified atom stereocenters. The van der Waals surface area contributed by atoms with E-state index in [-0.39, 0.29) is 10.4 Å². The average Bonchev–Trinajstić information content (AvgIpc) is 2.48. The fourth-order valence-electron chi connectivity index (χ4n) is 1.04. The van der Waals surface area contributed by atoms with Crippen LogP contribution in [0.2, 0.25) is 0 Å². The first-order chi connectivity index (χ1) is 6.20. The lowest BCUT2D eigenvalue weighted by atomic mass is 10.3. The molecule has 72 valence electrons. The van der Waals surface area contributed by atoms with Crippen LogP contribution in [-0.4, -0.2) is 23.9 Å². The fourth-order valence-corrected chi connectivity index (χ4v) is 1.63. The van der Waals surface area contributed by atoms with Crippen molar-refractivity contribution in [2.75, 3.05) is 0 Å². The molecule has 0 aliphatic rings. The van der Waals surface area contributed by atoms with Crippen molar-refractivity contribution in [3.8, 4) is 0 Å². The number of aliphatic hydroxyl groups excluding tert-OH is 1. The minimum atomic E-state index is -0.242. The average molecular weight is 295 g/mol. The molecule has 0 saturated heterocycles. The molecule has 5 nitrogen and oxygen atoms in total. The van der Waals surface area contributed by atoms with Crippen LogP contribution < -0.4 is 0 Å². The first kappa shape index (κ1) is 10.6. The van der Waals surface area contributed by atoms with E-state index in [2.05, 4.69) is 10.3 Å². The molecule has 1 rings (SSSR count). The summed E-state index contributed by atoms with van der Waals surface area (Å²) < 4.78 is 1.39. The highest BCUT2D eigenvalue weighted by Crippen LogP contribution is 2.10. The van der Waals surface area contributed by atoms with Gasteiger partial charge in [-0.2, -0.15) is 0 Å². The van der Waals surface area contributed by atoms with Crippen LogP contribution in [0.5, 0.6) is 0 Å². The molecule has 1 aromatic rings. The third-order valence-electron chi connectivity index (χ3n) is 1.58. The molecular weight excluding hydrogens is 285 g/mol. The van der Waals surface area contributed by atoms with Gasteiger partial charge in [0.1, 0.15) is 11.4 Å². The number of rotatable bonds is 4. The van der Waals surface area contributed by atoms with Gasteiger partial charge in [-0.3, -0.25) is 4.79 Å². The fraction of sp³-hybridized carbons (Fsp3) is 0.571. The minimum Gasteiger partial charge on any atom is -0.390 e. The summed E-state index contributed by atoms with van der Waals surface area (Å²) in [4.78, 5) is 11.2. The van der Waals surface area contributed by atoms with Crippen LogP contribution in [0.3, 0.4) is 0 Å². The molecule has 0 aromatic carbocycles. The Hall–Kier alpha value is -0.500. The molecule has 0 aliphatic carbocycles. The molecule has 0 bridgehead atoms. The van der Waals surface area contributed by atoms with Crippen molar-refractivity contribution in [1.82, 2.24) is 15.0 Å². The third-order valence-corrected chi connectivity index (χ3v) is 2.09. The Labute approximate surface area is 89.3 Å². The largest absolute Gasteiger partial charge is 0.390 e. The molecule has 1 N–H and O–H groups in total. The van der Waals surface area contributed by atoms with Gasteiger partial charge in [-0.25, -0.2) is 4.68 Å². The summed E-state index contributed by atoms with van der Waals surface area (Å²) in [5.74, 6) is 0. The highest BCUT2D eigenvalue weighted by molar-refractivity contribution is 14.1. The Morgan fingerprint density at radius 2 is 2.38 bits per heavy atom. The Bertz CT molecular complexity index is 311. The first-order valence-electron chi connectivity index (χ1n) is 3.93. The van der Waals surface area contributed by atoms with Crippen LogP contribution in [0, 0.1) is 0 Å². The highest BCUT2D eigenvalue weighted by Gasteiger charge is 2.16. The van der Waals surface area contributed by atoms with Gasteiger partial charge in [-0.05, 0) is 6.42 Å². The molecule has 1 aromatic heterocycles. The summed E-state index contributed by atoms with van der Waals surface area (Å²) >= 11 is 1.67. The lowest BCUT2D eigenvalue weighted by molar-refractivity contribution is 0.109. The Morgan fingerprint density at radius 1 is 1.69 bits per heavy atom. The van der Waals surface area contributed by atoms with E-state index in [9.17, 15) is 4.79 Å². The Morgan fingerprint density at radius 3 is 2.85 bits per heavy atom. The van der Waals surface area contributed by atoms with Crippen LogP contribution in [0.4, 0.5) is 0 Å². The van der Waals surface area contributed by atoms with Crippen molar-refractivity contribution in [2.24, 2.45) is 0 Å². The maximum atomic E-state index is 11.2. The lowest BCUT2D eigenvalue weighted by Crippen LogP contribution is -2.08. The monoisotopic (exact) mass is 295 g/mol. The number of nitrogens with zero attached hydrogens (tertiary/aromatic N) is 3. The van der Waals surface area contributed by atoms with E-state index in [4.69, 9.17) is 5.11 Å². The highest BCUT2D eigenvalue weighted by atomic mass is 127. The van der Waals surface area contributed by atoms with Gasteiger partial charge in [0, 0.05) is 29.1 Å². The number of halogens is 1. The SMILES string of the molecule is CCCn1nnc(CO)c1C(=O)I. The van der Waals surface area contributed by atoms with Crippen molar-refractivity contribution in [3.05, 3.63) is 11.4 Å². The summed E-state index contributed by atoms with van der Waals surface area (Å²) in [7, 11) is 0. The summed E-state index contributed by atoms with van der Waals surface area (Å²) in [6, 6.07) is 0. The van der Waals surface area contributed by atoms with E-state index in [1.165, 1.54) is 4.68 Å². The molecule has 0 fully saturated rings. The van der Waals surface area contributed by atoms with Gasteiger partial charge in [0.2, 0.25) is 3.79 Å². The number of carbonyl (C=O) groups excluding carboxylic acids is 1. The number of hydrogen-bond donors (Lipinski definition) is 1. The third kappa shape index (κ3) is 2.25. The quantitative estimate of drug-likeness (QED) is 0.657. The van der Waals surface area contributed by atoms with Gasteiger partial charge in [-0.15, -0.1) is 5.10 Å². The molecule has 6 heteroatoms. The molecule has 0 saturated carbocycles. The molecule has 0 atom stereocenters. The van der Waals surface area contributed by atoms with Crippen LogP contribution in [0.1, 0.15) is 29.5 Å². The second-order valence-corrected chi connectivity index (χ2v) is 3.52. The Kier molecular flexibility index (Phi) is 3.79. The molecule has 1 heterocycles. The van der Waals surface area contributed by atoms with Gasteiger partial charge in [0.25, 0.3) is 0 Å². The van der Waals surface area contributed by atoms with E-state index in [0.29, 0.717) is 17.9 Å². The summed E-state index contributed by atoms with van der Waals surface area (Å²) in [5.41, 5.74) is 0.762. The predicted molar refractivity (Wildman–Crippen MR) is 54.6 cm³/mol. The lowest BCUT2D eigenvalue weighted by Gasteiger charge is -2.00. The van der Waals surface area contributed by atoms with Crippen LogP contribution in [0.15, 0.2) is 0 Å². The number of hydrogen-bond acceptors (Lipinski definition) is 4. The van der Waals surface area contributed by atoms with Crippen molar-refractivity contribution >= 4 is 26.4 Å². The standard InChI is InChI=1S/C7H10IN3O2/c1-2-3-11-6(7(8)13)5(4-12)9-10-11/h12H,2-4H2,1H3. The van der Waals surface area contributed by atoms with E-state index < -0.39 is 0 Å². The van der Waals surface area contributed by atoms with Gasteiger partial charge in [-0.1, -0.05) is 12.1 Å². The molecular formula is C7H10IN3O2. The second kappa shape index (κ2) is 4.66. The molecule has 0 aliphatic heterocycles. The van der Waals surface area contributed by atoms with Crippen LogP contribution in [0.25, 0.3) is 0 Å². The normalized spacial score (nSPS) is 10.4. The summed E-state index contributed by atoms with van der Waals surface area (Å²) in [5, 5.41) is 16.4. The number of carbonyl (C=O) groups is 1. The van der Waals surface area contributed by atoms with Crippen molar-refractivity contribution in [2.45, 2.75) is 26.5 Å². The Balaban J connectivity index is 3.06. The van der Waals surface area contributed by atoms with Crippen LogP contribution in [-0.2, 0) is 13.2 Å². The van der Waals surface area contributed by atoms with Crippen molar-refractivity contribution < 1.29 is 9.90 Å². The molecule has 0 radical (unpaired) electrons. The summed E-state index contributed by atoms with van der Waals surface area (Å²) in [6.45, 7) is 2.40. The van der Waals surface area contributed by atoms with E-state index in [0.717, 1.165) is 6.42 Å². The van der Waals surface area contributed by atoms with Gasteiger partial charge in [0.05, 0.1) is 6.61 Å². The zero-order valence-corrected chi connectivity index (χ0v) is 9.35. The molecule has 0 amide bonds. The first-order valence-corrected chi connectivity index (χ1v) is 5.01. The maximum Gasteiger partial charge on any atom is 0.242 e. The van der Waals surface area contributed by atoms with Crippen LogP contribution >= 0.6 is 22.6 Å². The zero-order valence-electron chi connectivity index (χ0n) is 7.20. The zero-order chi connectivity index (χ0) is 9.84. The molecule has 0 spiro atoms. The maximum absolute atomic E-state index is 11.2. The summed E-state index contributed by atoms with van der Waals surface area (Å²) in [6.07, 6.45) is 0.880. The van der Waals surface area contributed by atoms with Crippen molar-refractivity contribution in [3.63, 3.8) is 0 Å². The van der Waals surface area contributed by atoms with Crippen molar-refractivity contribution in [1.29, 1.82) is 0 Å². The van der Waals surface area contributed by atoms with E-state index in [1.807, 2.05) is 6.92 Å². The smallest absolute Gasteiger partial charge is 0.242 e.